The third kappa shape index (κ3) is 2.50. The van der Waals surface area contributed by atoms with Crippen LogP contribution in [-0.4, -0.2) is 34.3 Å². The van der Waals surface area contributed by atoms with E-state index in [4.69, 9.17) is 15.0 Å². The number of aryl methyl sites for hydroxylation is 1. The molecule has 0 spiro atoms. The number of hydrogen-bond donors (Lipinski definition) is 1. The van der Waals surface area contributed by atoms with Crippen molar-refractivity contribution in [1.82, 2.24) is 10.1 Å². The first-order valence-corrected chi connectivity index (χ1v) is 6.48. The number of non-ortho nitro benzene ring substituents is 1. The number of benzene rings is 1. The summed E-state index contributed by atoms with van der Waals surface area (Å²) in [4.78, 5) is 14.7. The first-order valence-electron chi connectivity index (χ1n) is 6.48. The van der Waals surface area contributed by atoms with Crippen molar-refractivity contribution in [1.29, 1.82) is 0 Å². The molecule has 1 aromatic carbocycles. The molecule has 1 aliphatic heterocycles. The maximum absolute atomic E-state index is 10.9. The Hall–Kier alpha value is -2.32. The highest BCUT2D eigenvalue weighted by atomic mass is 16.6. The van der Waals surface area contributed by atoms with Crippen LogP contribution >= 0.6 is 0 Å². The van der Waals surface area contributed by atoms with Crippen molar-refractivity contribution >= 4 is 5.69 Å². The van der Waals surface area contributed by atoms with Crippen LogP contribution in [0.1, 0.15) is 17.4 Å². The maximum atomic E-state index is 10.9. The molecule has 1 aliphatic rings. The van der Waals surface area contributed by atoms with E-state index < -0.39 is 4.92 Å². The van der Waals surface area contributed by atoms with Crippen molar-refractivity contribution in [2.24, 2.45) is 5.73 Å². The topological polar surface area (TPSA) is 117 Å². The molecule has 1 fully saturated rings. The predicted molar refractivity (Wildman–Crippen MR) is 72.7 cm³/mol. The Labute approximate surface area is 120 Å². The summed E-state index contributed by atoms with van der Waals surface area (Å²) in [6, 6.07) is 4.37. The molecule has 2 atom stereocenters. The first kappa shape index (κ1) is 13.7. The zero-order valence-corrected chi connectivity index (χ0v) is 11.4. The number of nitrogens with zero attached hydrogens (tertiary/aromatic N) is 3. The van der Waals surface area contributed by atoms with Gasteiger partial charge >= 0.3 is 0 Å². The molecule has 2 unspecified atom stereocenters. The van der Waals surface area contributed by atoms with E-state index in [1.54, 1.807) is 6.07 Å². The van der Waals surface area contributed by atoms with Crippen LogP contribution in [0.15, 0.2) is 22.7 Å². The molecule has 0 amide bonds. The third-order valence-electron chi connectivity index (χ3n) is 3.56. The Morgan fingerprint density at radius 2 is 2.24 bits per heavy atom. The molecule has 0 aliphatic carbocycles. The van der Waals surface area contributed by atoms with Crippen LogP contribution in [0.2, 0.25) is 0 Å². The Morgan fingerprint density at radius 1 is 1.43 bits per heavy atom. The van der Waals surface area contributed by atoms with Crippen molar-refractivity contribution in [3.05, 3.63) is 39.8 Å². The normalized spacial score (nSPS) is 21.6. The van der Waals surface area contributed by atoms with Gasteiger partial charge < -0.3 is 15.0 Å². The zero-order chi connectivity index (χ0) is 15.0. The molecule has 21 heavy (non-hydrogen) atoms. The lowest BCUT2D eigenvalue weighted by Gasteiger charge is -2.06. The lowest BCUT2D eigenvalue weighted by molar-refractivity contribution is -0.384. The fraction of sp³-hybridized carbons (Fsp3) is 0.385. The van der Waals surface area contributed by atoms with Crippen LogP contribution in [0.5, 0.6) is 0 Å². The highest BCUT2D eigenvalue weighted by Crippen LogP contribution is 2.28. The lowest BCUT2D eigenvalue weighted by Crippen LogP contribution is -2.26. The minimum Gasteiger partial charge on any atom is -0.379 e. The summed E-state index contributed by atoms with van der Waals surface area (Å²) in [7, 11) is 0. The van der Waals surface area contributed by atoms with E-state index in [1.807, 2.05) is 6.92 Å². The minimum atomic E-state index is -0.454. The predicted octanol–water partition coefficient (Wildman–Crippen LogP) is 1.39. The first-order chi connectivity index (χ1) is 10.1. The van der Waals surface area contributed by atoms with Gasteiger partial charge in [0.15, 0.2) is 0 Å². The van der Waals surface area contributed by atoms with Crippen molar-refractivity contribution in [2.45, 2.75) is 18.9 Å². The van der Waals surface area contributed by atoms with Crippen molar-refractivity contribution in [2.75, 3.05) is 13.2 Å². The summed E-state index contributed by atoms with van der Waals surface area (Å²) in [5.74, 6) is 0.594. The molecule has 0 radical (unpaired) electrons. The van der Waals surface area contributed by atoms with Crippen LogP contribution in [0.4, 0.5) is 5.69 Å². The summed E-state index contributed by atoms with van der Waals surface area (Å²) >= 11 is 0. The van der Waals surface area contributed by atoms with Crippen LogP contribution in [-0.2, 0) is 4.74 Å². The van der Waals surface area contributed by atoms with E-state index >= 15 is 0 Å². The Kier molecular flexibility index (Phi) is 3.40. The molecule has 2 N–H and O–H groups in total. The largest absolute Gasteiger partial charge is 0.379 e. The van der Waals surface area contributed by atoms with E-state index in [2.05, 4.69) is 10.1 Å². The minimum absolute atomic E-state index is 0.0112. The molecular weight excluding hydrogens is 276 g/mol. The van der Waals surface area contributed by atoms with Gasteiger partial charge in [0.05, 0.1) is 24.1 Å². The zero-order valence-electron chi connectivity index (χ0n) is 11.4. The smallest absolute Gasteiger partial charge is 0.270 e. The van der Waals surface area contributed by atoms with Gasteiger partial charge in [0, 0.05) is 23.7 Å². The summed E-state index contributed by atoms with van der Waals surface area (Å²) in [5, 5.41) is 14.8. The van der Waals surface area contributed by atoms with E-state index in [-0.39, 0.29) is 17.6 Å². The van der Waals surface area contributed by atoms with Gasteiger partial charge in [-0.25, -0.2) is 0 Å². The third-order valence-corrected chi connectivity index (χ3v) is 3.56. The number of ether oxygens (including phenoxy) is 1. The van der Waals surface area contributed by atoms with Gasteiger partial charge in [0.25, 0.3) is 5.69 Å². The molecule has 1 saturated heterocycles. The molecule has 2 aromatic rings. The molecule has 8 nitrogen and oxygen atoms in total. The van der Waals surface area contributed by atoms with Gasteiger partial charge in [-0.15, -0.1) is 0 Å². The van der Waals surface area contributed by atoms with E-state index in [0.717, 1.165) is 5.56 Å². The molecule has 8 heteroatoms. The van der Waals surface area contributed by atoms with Crippen molar-refractivity contribution in [3.8, 4) is 11.4 Å². The number of aromatic nitrogens is 2. The van der Waals surface area contributed by atoms with Crippen LogP contribution in [0.25, 0.3) is 11.4 Å². The quantitative estimate of drug-likeness (QED) is 0.670. The molecule has 0 bridgehead atoms. The molecule has 2 heterocycles. The molecule has 0 saturated carbocycles. The number of nitrogens with two attached hydrogens (primary N) is 1. The second kappa shape index (κ2) is 5.23. The summed E-state index contributed by atoms with van der Waals surface area (Å²) in [5.41, 5.74) is 7.31. The van der Waals surface area contributed by atoms with Crippen LogP contribution in [0, 0.1) is 17.0 Å². The van der Waals surface area contributed by atoms with Gasteiger partial charge in [0.2, 0.25) is 11.7 Å². The number of hydrogen-bond acceptors (Lipinski definition) is 7. The van der Waals surface area contributed by atoms with Gasteiger partial charge in [-0.05, 0) is 12.5 Å². The van der Waals surface area contributed by atoms with Gasteiger partial charge in [0.1, 0.15) is 0 Å². The van der Waals surface area contributed by atoms with Crippen LogP contribution < -0.4 is 5.73 Å². The summed E-state index contributed by atoms with van der Waals surface area (Å²) in [6.45, 7) is 2.73. The second-order valence-electron chi connectivity index (χ2n) is 5.02. The van der Waals surface area contributed by atoms with E-state index in [1.165, 1.54) is 12.1 Å². The highest BCUT2D eigenvalue weighted by Gasteiger charge is 2.31. The number of nitro groups is 1. The van der Waals surface area contributed by atoms with Gasteiger partial charge in [-0.2, -0.15) is 4.98 Å². The fourth-order valence-electron chi connectivity index (χ4n) is 2.28. The van der Waals surface area contributed by atoms with E-state index in [0.29, 0.717) is 30.5 Å². The fourth-order valence-corrected chi connectivity index (χ4v) is 2.28. The molecule has 3 rings (SSSR count). The monoisotopic (exact) mass is 290 g/mol. The van der Waals surface area contributed by atoms with Gasteiger partial charge in [-0.1, -0.05) is 11.2 Å². The Bertz CT molecular complexity index is 685. The SMILES string of the molecule is Cc1ccc([N+](=O)[O-])cc1-c1noc(C2COCC2N)n1. The Morgan fingerprint density at radius 3 is 2.90 bits per heavy atom. The van der Waals surface area contributed by atoms with Crippen molar-refractivity contribution in [3.63, 3.8) is 0 Å². The highest BCUT2D eigenvalue weighted by molar-refractivity contribution is 5.63. The summed E-state index contributed by atoms with van der Waals surface area (Å²) in [6.07, 6.45) is 0. The van der Waals surface area contributed by atoms with Crippen molar-refractivity contribution < 1.29 is 14.2 Å². The number of rotatable bonds is 3. The molecule has 110 valence electrons. The standard InChI is InChI=1S/C13H14N4O4/c1-7-2-3-8(17(18)19)4-9(7)12-15-13(21-16-12)10-5-20-6-11(10)14/h2-4,10-11H,5-6,14H2,1H3. The second-order valence-corrected chi connectivity index (χ2v) is 5.02. The molecule has 1 aromatic heterocycles. The van der Waals surface area contributed by atoms with Crippen LogP contribution in [0.3, 0.4) is 0 Å². The average molecular weight is 290 g/mol. The summed E-state index contributed by atoms with van der Waals surface area (Å²) < 4.78 is 10.5. The average Bonchev–Trinajstić information content (AvgIpc) is 3.07. The maximum Gasteiger partial charge on any atom is 0.270 e. The van der Waals surface area contributed by atoms with Gasteiger partial charge in [-0.3, -0.25) is 10.1 Å². The number of nitro benzene ring substituents is 1. The lowest BCUT2D eigenvalue weighted by atomic mass is 10.0. The Balaban J connectivity index is 1.96. The molecular formula is C13H14N4O4. The van der Waals surface area contributed by atoms with E-state index in [9.17, 15) is 10.1 Å².